The van der Waals surface area contributed by atoms with E-state index in [9.17, 15) is 9.90 Å². The highest BCUT2D eigenvalue weighted by molar-refractivity contribution is 5.97. The lowest BCUT2D eigenvalue weighted by Gasteiger charge is -2.13. The van der Waals surface area contributed by atoms with Crippen LogP contribution in [-0.4, -0.2) is 25.0 Å². The van der Waals surface area contributed by atoms with Gasteiger partial charge in [0.25, 0.3) is 0 Å². The number of nitrogens with zero attached hydrogens (tertiary/aromatic N) is 1. The molecule has 1 rings (SSSR count). The molecule has 0 heterocycles. The predicted octanol–water partition coefficient (Wildman–Crippen LogP) is 1.66. The second kappa shape index (κ2) is 3.47. The topological polar surface area (TPSA) is 40.5 Å². The fourth-order valence-corrected chi connectivity index (χ4v) is 1.10. The fourth-order valence-electron chi connectivity index (χ4n) is 1.10. The van der Waals surface area contributed by atoms with Crippen LogP contribution >= 0.6 is 0 Å². The zero-order chi connectivity index (χ0) is 10.0. The number of rotatable bonds is 2. The molecular weight excluding hydrogens is 166 g/mol. The smallest absolute Gasteiger partial charge is 0.163 e. The van der Waals surface area contributed by atoms with Crippen molar-refractivity contribution in [3.8, 4) is 5.75 Å². The second-order valence-corrected chi connectivity index (χ2v) is 3.15. The first-order valence-corrected chi connectivity index (χ1v) is 4.03. The van der Waals surface area contributed by atoms with Crippen LogP contribution in [0.5, 0.6) is 5.75 Å². The predicted molar refractivity (Wildman–Crippen MR) is 52.4 cm³/mol. The Bertz CT molecular complexity index is 332. The molecule has 0 bridgehead atoms. The average Bonchev–Trinajstić information content (AvgIpc) is 2.03. The van der Waals surface area contributed by atoms with E-state index in [1.54, 1.807) is 18.2 Å². The van der Waals surface area contributed by atoms with E-state index in [-0.39, 0.29) is 11.5 Å². The standard InChI is InChI=1S/C10H13NO2/c1-7(12)9-5-4-8(11(2)3)6-10(9)13/h4-6,13H,1-3H3. The van der Waals surface area contributed by atoms with Gasteiger partial charge in [-0.1, -0.05) is 0 Å². The molecule has 0 saturated carbocycles. The number of benzene rings is 1. The molecule has 13 heavy (non-hydrogen) atoms. The number of phenols is 1. The van der Waals surface area contributed by atoms with Gasteiger partial charge in [0.2, 0.25) is 0 Å². The number of phenolic OH excluding ortho intramolecular Hbond substituents is 1. The van der Waals surface area contributed by atoms with Crippen molar-refractivity contribution in [2.24, 2.45) is 0 Å². The van der Waals surface area contributed by atoms with Crippen LogP contribution in [0.1, 0.15) is 17.3 Å². The van der Waals surface area contributed by atoms with Gasteiger partial charge in [-0.3, -0.25) is 4.79 Å². The number of hydrogen-bond acceptors (Lipinski definition) is 3. The molecule has 0 aliphatic carbocycles. The van der Waals surface area contributed by atoms with Crippen molar-refractivity contribution in [2.75, 3.05) is 19.0 Å². The lowest BCUT2D eigenvalue weighted by Crippen LogP contribution is -2.08. The minimum Gasteiger partial charge on any atom is -0.507 e. The van der Waals surface area contributed by atoms with Gasteiger partial charge in [-0.25, -0.2) is 0 Å². The van der Waals surface area contributed by atoms with E-state index in [2.05, 4.69) is 0 Å². The Morgan fingerprint density at radius 3 is 2.38 bits per heavy atom. The minimum atomic E-state index is -0.122. The van der Waals surface area contributed by atoms with Crippen LogP contribution in [0.2, 0.25) is 0 Å². The molecular formula is C10H13NO2. The quantitative estimate of drug-likeness (QED) is 0.702. The third-order valence-corrected chi connectivity index (χ3v) is 1.88. The molecule has 3 heteroatoms. The van der Waals surface area contributed by atoms with E-state index in [0.717, 1.165) is 5.69 Å². The monoisotopic (exact) mass is 179 g/mol. The summed E-state index contributed by atoms with van der Waals surface area (Å²) >= 11 is 0. The lowest BCUT2D eigenvalue weighted by atomic mass is 10.1. The summed E-state index contributed by atoms with van der Waals surface area (Å²) in [6, 6.07) is 5.01. The normalized spacial score (nSPS) is 9.77. The van der Waals surface area contributed by atoms with Crippen LogP contribution in [0.3, 0.4) is 0 Å². The Morgan fingerprint density at radius 1 is 1.38 bits per heavy atom. The van der Waals surface area contributed by atoms with Gasteiger partial charge in [0.15, 0.2) is 5.78 Å². The zero-order valence-corrected chi connectivity index (χ0v) is 8.03. The molecule has 0 amide bonds. The summed E-state index contributed by atoms with van der Waals surface area (Å²) in [4.78, 5) is 12.8. The highest BCUT2D eigenvalue weighted by Crippen LogP contribution is 2.23. The van der Waals surface area contributed by atoms with E-state index in [4.69, 9.17) is 0 Å². The van der Waals surface area contributed by atoms with Crippen molar-refractivity contribution < 1.29 is 9.90 Å². The lowest BCUT2D eigenvalue weighted by molar-refractivity contribution is 0.101. The summed E-state index contributed by atoms with van der Waals surface area (Å²) in [6.07, 6.45) is 0. The van der Waals surface area contributed by atoms with Gasteiger partial charge < -0.3 is 10.0 Å². The number of Topliss-reactive ketones (excluding diaryl/α,β-unsaturated/α-hetero) is 1. The summed E-state index contributed by atoms with van der Waals surface area (Å²) in [5, 5.41) is 9.46. The molecule has 0 fully saturated rings. The molecule has 0 radical (unpaired) electrons. The molecule has 0 aliphatic heterocycles. The van der Waals surface area contributed by atoms with Gasteiger partial charge in [0, 0.05) is 25.8 Å². The number of hydrogen-bond donors (Lipinski definition) is 1. The van der Waals surface area contributed by atoms with Gasteiger partial charge in [0.05, 0.1) is 5.56 Å². The van der Waals surface area contributed by atoms with Crippen molar-refractivity contribution in [1.29, 1.82) is 0 Å². The van der Waals surface area contributed by atoms with Gasteiger partial charge in [-0.15, -0.1) is 0 Å². The van der Waals surface area contributed by atoms with Crippen molar-refractivity contribution in [3.63, 3.8) is 0 Å². The van der Waals surface area contributed by atoms with Crippen molar-refractivity contribution in [1.82, 2.24) is 0 Å². The molecule has 1 N–H and O–H groups in total. The largest absolute Gasteiger partial charge is 0.507 e. The van der Waals surface area contributed by atoms with Gasteiger partial charge in [-0.05, 0) is 19.1 Å². The summed E-state index contributed by atoms with van der Waals surface area (Å²) in [5.41, 5.74) is 1.24. The van der Waals surface area contributed by atoms with E-state index in [1.807, 2.05) is 19.0 Å². The molecule has 1 aromatic rings. The SMILES string of the molecule is CC(=O)c1ccc(N(C)C)cc1O. The van der Waals surface area contributed by atoms with E-state index in [0.29, 0.717) is 5.56 Å². The first kappa shape index (κ1) is 9.58. The van der Waals surface area contributed by atoms with Crippen molar-refractivity contribution >= 4 is 11.5 Å². The third kappa shape index (κ3) is 1.99. The van der Waals surface area contributed by atoms with E-state index in [1.165, 1.54) is 6.92 Å². The highest BCUT2D eigenvalue weighted by atomic mass is 16.3. The van der Waals surface area contributed by atoms with Crippen LogP contribution < -0.4 is 4.90 Å². The zero-order valence-electron chi connectivity index (χ0n) is 8.03. The molecule has 0 aromatic heterocycles. The molecule has 0 spiro atoms. The highest BCUT2D eigenvalue weighted by Gasteiger charge is 2.07. The second-order valence-electron chi connectivity index (χ2n) is 3.15. The molecule has 1 aromatic carbocycles. The fraction of sp³-hybridized carbons (Fsp3) is 0.300. The Labute approximate surface area is 77.6 Å². The van der Waals surface area contributed by atoms with Gasteiger partial charge in [-0.2, -0.15) is 0 Å². The van der Waals surface area contributed by atoms with E-state index >= 15 is 0 Å². The maximum Gasteiger partial charge on any atom is 0.163 e. The first-order valence-electron chi connectivity index (χ1n) is 4.03. The van der Waals surface area contributed by atoms with Crippen molar-refractivity contribution in [3.05, 3.63) is 23.8 Å². The average molecular weight is 179 g/mol. The number of anilines is 1. The summed E-state index contributed by atoms with van der Waals surface area (Å²) in [5.74, 6) is -0.0819. The Morgan fingerprint density at radius 2 is 2.00 bits per heavy atom. The van der Waals surface area contributed by atoms with Crippen LogP contribution in [0.4, 0.5) is 5.69 Å². The summed E-state index contributed by atoms with van der Waals surface area (Å²) in [6.45, 7) is 1.43. The first-order chi connectivity index (χ1) is 6.02. The molecule has 3 nitrogen and oxygen atoms in total. The molecule has 70 valence electrons. The number of aromatic hydroxyl groups is 1. The minimum absolute atomic E-state index is 0.0405. The Balaban J connectivity index is 3.13. The van der Waals surface area contributed by atoms with Crippen LogP contribution in [0, 0.1) is 0 Å². The Hall–Kier alpha value is -1.51. The van der Waals surface area contributed by atoms with Gasteiger partial charge in [0.1, 0.15) is 5.75 Å². The van der Waals surface area contributed by atoms with Crippen LogP contribution in [0.15, 0.2) is 18.2 Å². The molecule has 0 aliphatic rings. The summed E-state index contributed by atoms with van der Waals surface area (Å²) < 4.78 is 0. The van der Waals surface area contributed by atoms with E-state index < -0.39 is 0 Å². The molecule has 0 unspecified atom stereocenters. The third-order valence-electron chi connectivity index (χ3n) is 1.88. The van der Waals surface area contributed by atoms with Crippen molar-refractivity contribution in [2.45, 2.75) is 6.92 Å². The molecule has 0 saturated heterocycles. The maximum atomic E-state index is 11.0. The number of ketones is 1. The summed E-state index contributed by atoms with van der Waals surface area (Å²) in [7, 11) is 3.75. The Kier molecular flexibility index (Phi) is 2.56. The van der Waals surface area contributed by atoms with Crippen LogP contribution in [-0.2, 0) is 0 Å². The number of carbonyl (C=O) groups excluding carboxylic acids is 1. The van der Waals surface area contributed by atoms with Gasteiger partial charge >= 0.3 is 0 Å². The maximum absolute atomic E-state index is 11.0. The van der Waals surface area contributed by atoms with Crippen LogP contribution in [0.25, 0.3) is 0 Å². The number of carbonyl (C=O) groups is 1. The molecule has 0 atom stereocenters.